The molecule has 1 aliphatic rings. The zero-order chi connectivity index (χ0) is 22.7. The summed E-state index contributed by atoms with van der Waals surface area (Å²) in [7, 11) is 0. The van der Waals surface area contributed by atoms with Gasteiger partial charge in [-0.2, -0.15) is 0 Å². The highest BCUT2D eigenvalue weighted by atomic mass is 19.1. The standard InChI is InChI=1S/C24H24FN5O2/c1-15-21(12-22(31)29-20-7-5-19(25)6-8-20)16(2)28-23(27-15)18-9-11-30(14-18)24(32)17-4-3-10-26-13-17/h3-8,10,13,18H,9,11-12,14H2,1-2H3,(H,29,31)/t18-/m0/s1. The Hall–Kier alpha value is -3.68. The van der Waals surface area contributed by atoms with E-state index in [1.807, 2.05) is 13.8 Å². The molecule has 0 unspecified atom stereocenters. The Morgan fingerprint density at radius 2 is 1.84 bits per heavy atom. The molecule has 1 atom stereocenters. The van der Waals surface area contributed by atoms with Gasteiger partial charge in [0.25, 0.3) is 5.91 Å². The molecule has 164 valence electrons. The predicted molar refractivity (Wildman–Crippen MR) is 118 cm³/mol. The normalized spacial score (nSPS) is 15.6. The molecular formula is C24H24FN5O2. The summed E-state index contributed by atoms with van der Waals surface area (Å²) in [4.78, 5) is 40.3. The Kier molecular flexibility index (Phi) is 6.20. The van der Waals surface area contributed by atoms with E-state index in [4.69, 9.17) is 0 Å². The lowest BCUT2D eigenvalue weighted by atomic mass is 10.0. The van der Waals surface area contributed by atoms with Crippen molar-refractivity contribution in [2.24, 2.45) is 0 Å². The first-order valence-corrected chi connectivity index (χ1v) is 10.5. The zero-order valence-electron chi connectivity index (χ0n) is 18.0. The summed E-state index contributed by atoms with van der Waals surface area (Å²) >= 11 is 0. The van der Waals surface area contributed by atoms with Crippen molar-refractivity contribution in [2.75, 3.05) is 18.4 Å². The lowest BCUT2D eigenvalue weighted by Gasteiger charge is -2.17. The van der Waals surface area contributed by atoms with Gasteiger partial charge in [-0.25, -0.2) is 14.4 Å². The first kappa shape index (κ1) is 21.5. The largest absolute Gasteiger partial charge is 0.338 e. The number of hydrogen-bond acceptors (Lipinski definition) is 5. The van der Waals surface area contributed by atoms with Gasteiger partial charge in [0.05, 0.1) is 12.0 Å². The molecule has 0 bridgehead atoms. The van der Waals surface area contributed by atoms with Crippen molar-refractivity contribution in [1.82, 2.24) is 19.9 Å². The molecule has 3 heterocycles. The molecule has 2 amide bonds. The average Bonchev–Trinajstić information content (AvgIpc) is 3.28. The minimum Gasteiger partial charge on any atom is -0.338 e. The smallest absolute Gasteiger partial charge is 0.255 e. The molecule has 8 heteroatoms. The Labute approximate surface area is 185 Å². The maximum Gasteiger partial charge on any atom is 0.255 e. The molecule has 1 fully saturated rings. The van der Waals surface area contributed by atoms with Crippen LogP contribution in [-0.2, 0) is 11.2 Å². The monoisotopic (exact) mass is 433 g/mol. The molecule has 0 aliphatic carbocycles. The van der Waals surface area contributed by atoms with Crippen LogP contribution in [0, 0.1) is 19.7 Å². The van der Waals surface area contributed by atoms with Crippen LogP contribution in [0.25, 0.3) is 0 Å². The topological polar surface area (TPSA) is 88.1 Å². The number of nitrogens with zero attached hydrogens (tertiary/aromatic N) is 4. The van der Waals surface area contributed by atoms with E-state index in [1.165, 1.54) is 24.3 Å². The first-order chi connectivity index (χ1) is 15.4. The summed E-state index contributed by atoms with van der Waals surface area (Å²) in [5.74, 6) is 0.141. The van der Waals surface area contributed by atoms with Crippen LogP contribution in [0.15, 0.2) is 48.8 Å². The third-order valence-corrected chi connectivity index (χ3v) is 5.65. The van der Waals surface area contributed by atoms with E-state index in [9.17, 15) is 14.0 Å². The molecule has 1 saturated heterocycles. The summed E-state index contributed by atoms with van der Waals surface area (Å²) in [5, 5.41) is 2.77. The maximum atomic E-state index is 13.0. The summed E-state index contributed by atoms with van der Waals surface area (Å²) in [6.45, 7) is 4.93. The summed E-state index contributed by atoms with van der Waals surface area (Å²) in [6, 6.07) is 9.15. The van der Waals surface area contributed by atoms with Crippen LogP contribution < -0.4 is 5.32 Å². The Morgan fingerprint density at radius 1 is 1.12 bits per heavy atom. The highest BCUT2D eigenvalue weighted by Gasteiger charge is 2.30. The molecule has 1 N–H and O–H groups in total. The van der Waals surface area contributed by atoms with Crippen LogP contribution in [0.1, 0.15) is 45.5 Å². The average molecular weight is 433 g/mol. The van der Waals surface area contributed by atoms with Gasteiger partial charge >= 0.3 is 0 Å². The van der Waals surface area contributed by atoms with E-state index < -0.39 is 0 Å². The van der Waals surface area contributed by atoms with E-state index in [0.717, 1.165) is 23.4 Å². The second-order valence-electron chi connectivity index (χ2n) is 7.94. The predicted octanol–water partition coefficient (Wildman–Crippen LogP) is 3.44. The van der Waals surface area contributed by atoms with Crippen LogP contribution in [0.4, 0.5) is 10.1 Å². The molecule has 0 spiro atoms. The highest BCUT2D eigenvalue weighted by Crippen LogP contribution is 2.27. The van der Waals surface area contributed by atoms with E-state index >= 15 is 0 Å². The third kappa shape index (κ3) is 4.80. The number of rotatable bonds is 5. The number of likely N-dealkylation sites (tertiary alicyclic amines) is 1. The van der Waals surface area contributed by atoms with E-state index in [1.54, 1.807) is 29.4 Å². The SMILES string of the molecule is Cc1nc([C@H]2CCN(C(=O)c3cccnc3)C2)nc(C)c1CC(=O)Nc1ccc(F)cc1. The Morgan fingerprint density at radius 3 is 2.50 bits per heavy atom. The van der Waals surface area contributed by atoms with Crippen molar-refractivity contribution in [3.05, 3.63) is 82.9 Å². The lowest BCUT2D eigenvalue weighted by Crippen LogP contribution is -2.28. The number of amides is 2. The summed E-state index contributed by atoms with van der Waals surface area (Å²) < 4.78 is 13.0. The number of aromatic nitrogens is 3. The van der Waals surface area contributed by atoms with E-state index in [-0.39, 0.29) is 30.0 Å². The van der Waals surface area contributed by atoms with Crippen molar-refractivity contribution < 1.29 is 14.0 Å². The molecule has 1 aromatic carbocycles. The number of nitrogens with one attached hydrogen (secondary N) is 1. The van der Waals surface area contributed by atoms with Gasteiger partial charge in [0.2, 0.25) is 5.91 Å². The van der Waals surface area contributed by atoms with Crippen LogP contribution in [-0.4, -0.2) is 44.8 Å². The molecule has 2 aromatic heterocycles. The number of carbonyl (C=O) groups is 2. The fourth-order valence-electron chi connectivity index (χ4n) is 3.93. The Bertz CT molecular complexity index is 1110. The van der Waals surface area contributed by atoms with Crippen molar-refractivity contribution in [2.45, 2.75) is 32.6 Å². The summed E-state index contributed by atoms with van der Waals surface area (Å²) in [6.07, 6.45) is 4.14. The number of carbonyl (C=O) groups excluding carboxylic acids is 2. The molecule has 0 radical (unpaired) electrons. The number of pyridine rings is 1. The molecule has 0 saturated carbocycles. The van der Waals surface area contributed by atoms with Crippen LogP contribution in [0.2, 0.25) is 0 Å². The van der Waals surface area contributed by atoms with Crippen LogP contribution in [0.3, 0.4) is 0 Å². The quantitative estimate of drug-likeness (QED) is 0.666. The number of aryl methyl sites for hydroxylation is 2. The molecule has 4 rings (SSSR count). The molecular weight excluding hydrogens is 409 g/mol. The van der Waals surface area contributed by atoms with Gasteiger partial charge in [-0.05, 0) is 56.7 Å². The van der Waals surface area contributed by atoms with E-state index in [2.05, 4.69) is 20.3 Å². The molecule has 1 aliphatic heterocycles. The number of anilines is 1. The second-order valence-corrected chi connectivity index (χ2v) is 7.94. The van der Waals surface area contributed by atoms with Crippen LogP contribution in [0.5, 0.6) is 0 Å². The van der Waals surface area contributed by atoms with Gasteiger partial charge < -0.3 is 10.2 Å². The summed E-state index contributed by atoms with van der Waals surface area (Å²) in [5.41, 5.74) is 3.38. The number of benzene rings is 1. The minimum atomic E-state index is -0.355. The molecule has 7 nitrogen and oxygen atoms in total. The van der Waals surface area contributed by atoms with Crippen LogP contribution >= 0.6 is 0 Å². The van der Waals surface area contributed by atoms with Crippen molar-refractivity contribution in [3.63, 3.8) is 0 Å². The second kappa shape index (κ2) is 9.21. The minimum absolute atomic E-state index is 0.0388. The molecule has 3 aromatic rings. The highest BCUT2D eigenvalue weighted by molar-refractivity contribution is 5.94. The first-order valence-electron chi connectivity index (χ1n) is 10.5. The van der Waals surface area contributed by atoms with Gasteiger partial charge in [-0.3, -0.25) is 14.6 Å². The van der Waals surface area contributed by atoms with E-state index in [0.29, 0.717) is 30.2 Å². The van der Waals surface area contributed by atoms with Crippen molar-refractivity contribution in [1.29, 1.82) is 0 Å². The van der Waals surface area contributed by atoms with Gasteiger partial charge in [0, 0.05) is 54.0 Å². The Balaban J connectivity index is 1.43. The number of halogens is 1. The van der Waals surface area contributed by atoms with Crippen molar-refractivity contribution in [3.8, 4) is 0 Å². The van der Waals surface area contributed by atoms with Gasteiger partial charge in [0.15, 0.2) is 0 Å². The fourth-order valence-corrected chi connectivity index (χ4v) is 3.93. The zero-order valence-corrected chi connectivity index (χ0v) is 18.0. The fraction of sp³-hybridized carbons (Fsp3) is 0.292. The number of hydrogen-bond donors (Lipinski definition) is 1. The lowest BCUT2D eigenvalue weighted by molar-refractivity contribution is -0.115. The van der Waals surface area contributed by atoms with Gasteiger partial charge in [-0.1, -0.05) is 0 Å². The van der Waals surface area contributed by atoms with Crippen molar-refractivity contribution >= 4 is 17.5 Å². The van der Waals surface area contributed by atoms with Gasteiger partial charge in [0.1, 0.15) is 11.6 Å². The maximum absolute atomic E-state index is 13.0. The van der Waals surface area contributed by atoms with Gasteiger partial charge in [-0.15, -0.1) is 0 Å². The third-order valence-electron chi connectivity index (χ3n) is 5.65. The molecule has 32 heavy (non-hydrogen) atoms.